The fourth-order valence-electron chi connectivity index (χ4n) is 6.46. The van der Waals surface area contributed by atoms with Gasteiger partial charge in [0, 0.05) is 15.5 Å². The molecule has 2 aromatic heterocycles. The van der Waals surface area contributed by atoms with Crippen molar-refractivity contribution in [1.29, 1.82) is 0 Å². The molecule has 9 aromatic rings. The van der Waals surface area contributed by atoms with Crippen LogP contribution in [0.2, 0.25) is 0 Å². The SMILES string of the molecule is c1ccc2cc(-c3c4ccccc4c(-c4ccc5sc6c7ccccc7oc6c5c4)c4ccccc34)ccc2c1. The van der Waals surface area contributed by atoms with Gasteiger partial charge in [-0.15, -0.1) is 11.3 Å². The van der Waals surface area contributed by atoms with Crippen molar-refractivity contribution in [2.24, 2.45) is 0 Å². The fraction of sp³-hybridized carbons (Fsp3) is 0. The van der Waals surface area contributed by atoms with Gasteiger partial charge >= 0.3 is 0 Å². The number of hydrogen-bond acceptors (Lipinski definition) is 2. The molecule has 186 valence electrons. The van der Waals surface area contributed by atoms with Crippen molar-refractivity contribution in [3.8, 4) is 22.3 Å². The van der Waals surface area contributed by atoms with Gasteiger partial charge in [0.2, 0.25) is 0 Å². The molecule has 0 saturated carbocycles. The van der Waals surface area contributed by atoms with Crippen LogP contribution in [0.1, 0.15) is 0 Å². The first kappa shape index (κ1) is 22.0. The van der Waals surface area contributed by atoms with Crippen molar-refractivity contribution in [3.05, 3.63) is 133 Å². The van der Waals surface area contributed by atoms with Crippen molar-refractivity contribution in [2.45, 2.75) is 0 Å². The van der Waals surface area contributed by atoms with Gasteiger partial charge < -0.3 is 4.42 Å². The highest BCUT2D eigenvalue weighted by atomic mass is 32.1. The first-order valence-corrected chi connectivity index (χ1v) is 14.4. The Morgan fingerprint density at radius 3 is 1.68 bits per heavy atom. The third-order valence-electron chi connectivity index (χ3n) is 8.24. The number of benzene rings is 7. The Morgan fingerprint density at radius 1 is 0.425 bits per heavy atom. The average Bonchev–Trinajstić information content (AvgIpc) is 3.55. The summed E-state index contributed by atoms with van der Waals surface area (Å²) >= 11 is 1.82. The minimum absolute atomic E-state index is 0.951. The molecule has 0 radical (unpaired) electrons. The molecule has 9 rings (SSSR count). The first-order chi connectivity index (χ1) is 19.8. The van der Waals surface area contributed by atoms with Gasteiger partial charge in [-0.1, -0.05) is 103 Å². The van der Waals surface area contributed by atoms with Crippen LogP contribution >= 0.6 is 11.3 Å². The second-order valence-corrected chi connectivity index (χ2v) is 11.5. The molecule has 0 fully saturated rings. The summed E-state index contributed by atoms with van der Waals surface area (Å²) in [6.45, 7) is 0. The van der Waals surface area contributed by atoms with Gasteiger partial charge in [-0.2, -0.15) is 0 Å². The lowest BCUT2D eigenvalue weighted by molar-refractivity contribution is 0.673. The average molecular weight is 527 g/mol. The van der Waals surface area contributed by atoms with Crippen molar-refractivity contribution in [1.82, 2.24) is 0 Å². The van der Waals surface area contributed by atoms with Gasteiger partial charge in [-0.05, 0) is 84.9 Å². The van der Waals surface area contributed by atoms with E-state index in [1.54, 1.807) is 0 Å². The van der Waals surface area contributed by atoms with Crippen LogP contribution in [0.5, 0.6) is 0 Å². The molecule has 0 unspecified atom stereocenters. The molecule has 7 aromatic carbocycles. The third-order valence-corrected chi connectivity index (χ3v) is 9.43. The van der Waals surface area contributed by atoms with Crippen LogP contribution in [0.25, 0.3) is 85.9 Å². The summed E-state index contributed by atoms with van der Waals surface area (Å²) in [5.74, 6) is 0. The Bertz CT molecular complexity index is 2380. The van der Waals surface area contributed by atoms with E-state index in [2.05, 4.69) is 127 Å². The number of thiophene rings is 1. The van der Waals surface area contributed by atoms with E-state index in [9.17, 15) is 0 Å². The molecule has 0 atom stereocenters. The van der Waals surface area contributed by atoms with E-state index in [0.29, 0.717) is 0 Å². The van der Waals surface area contributed by atoms with Crippen LogP contribution in [0.3, 0.4) is 0 Å². The summed E-state index contributed by atoms with van der Waals surface area (Å²) in [4.78, 5) is 0. The minimum atomic E-state index is 0.951. The zero-order valence-electron chi connectivity index (χ0n) is 21.5. The zero-order valence-corrected chi connectivity index (χ0v) is 22.3. The monoisotopic (exact) mass is 526 g/mol. The summed E-state index contributed by atoms with van der Waals surface area (Å²) in [5, 5.41) is 9.96. The van der Waals surface area contributed by atoms with Crippen LogP contribution in [-0.4, -0.2) is 0 Å². The zero-order chi connectivity index (χ0) is 26.2. The van der Waals surface area contributed by atoms with E-state index in [1.165, 1.54) is 74.7 Å². The molecule has 0 aliphatic carbocycles. The summed E-state index contributed by atoms with van der Waals surface area (Å²) in [5.41, 5.74) is 6.96. The summed E-state index contributed by atoms with van der Waals surface area (Å²) in [7, 11) is 0. The number of fused-ring (bicyclic) bond motifs is 8. The van der Waals surface area contributed by atoms with Crippen LogP contribution in [0, 0.1) is 0 Å². The van der Waals surface area contributed by atoms with Gasteiger partial charge in [0.15, 0.2) is 5.58 Å². The van der Waals surface area contributed by atoms with Crippen molar-refractivity contribution in [2.75, 3.05) is 0 Å². The number of hydrogen-bond donors (Lipinski definition) is 0. The van der Waals surface area contributed by atoms with Gasteiger partial charge in [-0.3, -0.25) is 0 Å². The van der Waals surface area contributed by atoms with Gasteiger partial charge in [-0.25, -0.2) is 0 Å². The summed E-state index contributed by atoms with van der Waals surface area (Å²) in [6, 6.07) is 48.4. The molecular weight excluding hydrogens is 504 g/mol. The molecular formula is C38H22OS. The molecule has 0 saturated heterocycles. The molecule has 1 nitrogen and oxygen atoms in total. The maximum atomic E-state index is 6.39. The molecule has 0 amide bonds. The summed E-state index contributed by atoms with van der Waals surface area (Å²) < 4.78 is 8.87. The first-order valence-electron chi connectivity index (χ1n) is 13.6. The topological polar surface area (TPSA) is 13.1 Å². The highest BCUT2D eigenvalue weighted by Gasteiger charge is 2.19. The molecule has 0 N–H and O–H groups in total. The Labute approximate surface area is 234 Å². The Hall–Kier alpha value is -4.92. The van der Waals surface area contributed by atoms with Crippen LogP contribution in [0.4, 0.5) is 0 Å². The van der Waals surface area contributed by atoms with E-state index in [0.717, 1.165) is 11.2 Å². The molecule has 2 heteroatoms. The predicted molar refractivity (Wildman–Crippen MR) is 172 cm³/mol. The third kappa shape index (κ3) is 3.08. The van der Waals surface area contributed by atoms with E-state index in [4.69, 9.17) is 4.42 Å². The van der Waals surface area contributed by atoms with Crippen LogP contribution in [-0.2, 0) is 0 Å². The van der Waals surface area contributed by atoms with Crippen molar-refractivity contribution < 1.29 is 4.42 Å². The lowest BCUT2D eigenvalue weighted by Crippen LogP contribution is -1.90. The molecule has 2 heterocycles. The molecule has 0 aliphatic heterocycles. The number of rotatable bonds is 2. The van der Waals surface area contributed by atoms with Gasteiger partial charge in [0.25, 0.3) is 0 Å². The maximum absolute atomic E-state index is 6.39. The van der Waals surface area contributed by atoms with E-state index >= 15 is 0 Å². The highest BCUT2D eigenvalue weighted by molar-refractivity contribution is 7.26. The summed E-state index contributed by atoms with van der Waals surface area (Å²) in [6.07, 6.45) is 0. The Kier molecular flexibility index (Phi) is 4.55. The maximum Gasteiger partial charge on any atom is 0.154 e. The Morgan fingerprint density at radius 2 is 0.975 bits per heavy atom. The normalized spacial score (nSPS) is 12.0. The van der Waals surface area contributed by atoms with Gasteiger partial charge in [0.05, 0.1) is 4.70 Å². The lowest BCUT2D eigenvalue weighted by Gasteiger charge is -2.18. The largest absolute Gasteiger partial charge is 0.454 e. The van der Waals surface area contributed by atoms with E-state index < -0.39 is 0 Å². The molecule has 0 aliphatic rings. The fourth-order valence-corrected chi connectivity index (χ4v) is 7.60. The second kappa shape index (κ2) is 8.29. The van der Waals surface area contributed by atoms with Crippen LogP contribution < -0.4 is 0 Å². The minimum Gasteiger partial charge on any atom is -0.454 e. The second-order valence-electron chi connectivity index (χ2n) is 10.5. The quantitative estimate of drug-likeness (QED) is 0.204. The van der Waals surface area contributed by atoms with Crippen LogP contribution in [0.15, 0.2) is 138 Å². The molecule has 40 heavy (non-hydrogen) atoms. The standard InChI is InChI=1S/C38H22OS/c1-2-10-24-21-25(18-17-23(24)9-1)35-27-11-3-5-13-29(27)36(30-14-6-4-12-28(30)35)26-19-20-34-32(22-26)37-38(40-34)31-15-7-8-16-33(31)39-37/h1-22H. The van der Waals surface area contributed by atoms with Crippen molar-refractivity contribution in [3.63, 3.8) is 0 Å². The molecule has 0 bridgehead atoms. The van der Waals surface area contributed by atoms with E-state index in [1.807, 2.05) is 17.4 Å². The molecule has 0 spiro atoms. The van der Waals surface area contributed by atoms with E-state index in [-0.39, 0.29) is 0 Å². The predicted octanol–water partition coefficient (Wildman–Crippen LogP) is 11.6. The lowest BCUT2D eigenvalue weighted by atomic mass is 9.85. The Balaban J connectivity index is 1.37. The number of furan rings is 1. The van der Waals surface area contributed by atoms with Crippen molar-refractivity contribution >= 4 is 75.0 Å². The van der Waals surface area contributed by atoms with Gasteiger partial charge in [0.1, 0.15) is 5.58 Å². The highest BCUT2D eigenvalue weighted by Crippen LogP contribution is 2.46. The smallest absolute Gasteiger partial charge is 0.154 e. The number of para-hydroxylation sites is 1.